The summed E-state index contributed by atoms with van der Waals surface area (Å²) in [6.07, 6.45) is 4.02. The second kappa shape index (κ2) is 10.6. The third-order valence-corrected chi connectivity index (χ3v) is 6.26. The van der Waals surface area contributed by atoms with E-state index < -0.39 is 0 Å². The molecular weight excluding hydrogens is 470 g/mol. The average Bonchev–Trinajstić information content (AvgIpc) is 3.12. The van der Waals surface area contributed by atoms with Gasteiger partial charge in [0.05, 0.1) is 17.7 Å². The van der Waals surface area contributed by atoms with Crippen LogP contribution in [-0.4, -0.2) is 18.3 Å². The number of hydrogen-bond donors (Lipinski definition) is 0. The fraction of sp³-hybridized carbons (Fsp3) is 0.111. The summed E-state index contributed by atoms with van der Waals surface area (Å²) < 4.78 is 11.7. The molecule has 0 N–H and O–H groups in total. The first kappa shape index (κ1) is 23.7. The third-order valence-electron chi connectivity index (χ3n) is 5.14. The lowest BCUT2D eigenvalue weighted by atomic mass is 10.0. The number of benzene rings is 3. The number of rotatable bonds is 8. The molecule has 0 unspecified atom stereocenters. The second-order valence-corrected chi connectivity index (χ2v) is 8.90. The Hall–Kier alpha value is -3.48. The van der Waals surface area contributed by atoms with Gasteiger partial charge in [-0.15, -0.1) is 6.58 Å². The molecule has 172 valence electrons. The number of allylic oxidation sites excluding steroid dienone is 1. The molecule has 7 heteroatoms. The minimum atomic E-state index is -0.353. The number of methoxy groups -OCH3 is 1. The van der Waals surface area contributed by atoms with Crippen molar-refractivity contribution in [1.29, 1.82) is 0 Å². The standard InChI is InChI=1S/C27H22ClNO4S/c1-3-7-20-14-19(15-23(32-2)25(20)33-17-18-10-12-21(28)13-11-18)16-24-26(30)29(27(31)34-24)22-8-5-4-6-9-22/h3-6,8-16H,1,7,17H2,2H3/b24-16-. The van der Waals surface area contributed by atoms with Crippen molar-refractivity contribution in [3.05, 3.63) is 106 Å². The van der Waals surface area contributed by atoms with Crippen LogP contribution in [0, 0.1) is 0 Å². The highest BCUT2D eigenvalue weighted by Gasteiger charge is 2.36. The zero-order valence-electron chi connectivity index (χ0n) is 18.5. The number of thioether (sulfide) groups is 1. The minimum Gasteiger partial charge on any atom is -0.493 e. The average molecular weight is 492 g/mol. The Kier molecular flexibility index (Phi) is 7.40. The summed E-state index contributed by atoms with van der Waals surface area (Å²) in [5.74, 6) is 0.780. The fourth-order valence-electron chi connectivity index (χ4n) is 3.54. The maximum Gasteiger partial charge on any atom is 0.298 e. The molecule has 0 spiro atoms. The van der Waals surface area contributed by atoms with Gasteiger partial charge in [0.15, 0.2) is 11.5 Å². The number of imide groups is 1. The molecule has 0 radical (unpaired) electrons. The van der Waals surface area contributed by atoms with E-state index in [0.29, 0.717) is 40.1 Å². The summed E-state index contributed by atoms with van der Waals surface area (Å²) in [5.41, 5.74) is 3.10. The Morgan fingerprint density at radius 2 is 1.79 bits per heavy atom. The van der Waals surface area contributed by atoms with E-state index in [2.05, 4.69) is 6.58 Å². The van der Waals surface area contributed by atoms with Gasteiger partial charge in [0.25, 0.3) is 11.1 Å². The van der Waals surface area contributed by atoms with E-state index in [9.17, 15) is 9.59 Å². The van der Waals surface area contributed by atoms with Crippen LogP contribution >= 0.6 is 23.4 Å². The number of amides is 2. The Bertz CT molecular complexity index is 1260. The Morgan fingerprint density at radius 3 is 2.47 bits per heavy atom. The third kappa shape index (κ3) is 5.19. The molecule has 3 aromatic carbocycles. The maximum atomic E-state index is 13.0. The lowest BCUT2D eigenvalue weighted by Gasteiger charge is -2.16. The summed E-state index contributed by atoms with van der Waals surface area (Å²) in [4.78, 5) is 27.0. The maximum absolute atomic E-state index is 13.0. The molecule has 1 saturated heterocycles. The molecule has 0 bridgehead atoms. The molecule has 1 fully saturated rings. The quantitative estimate of drug-likeness (QED) is 0.253. The van der Waals surface area contributed by atoms with E-state index in [0.717, 1.165) is 28.5 Å². The molecule has 5 nitrogen and oxygen atoms in total. The van der Waals surface area contributed by atoms with E-state index in [1.807, 2.05) is 36.4 Å². The normalized spacial score (nSPS) is 14.5. The van der Waals surface area contributed by atoms with Gasteiger partial charge in [0.1, 0.15) is 6.61 Å². The molecule has 0 aromatic heterocycles. The number of carbonyl (C=O) groups excluding carboxylic acids is 2. The van der Waals surface area contributed by atoms with Gasteiger partial charge in [-0.2, -0.15) is 0 Å². The molecule has 4 rings (SSSR count). The molecule has 0 atom stereocenters. The monoisotopic (exact) mass is 491 g/mol. The van der Waals surface area contributed by atoms with Crippen molar-refractivity contribution >= 4 is 46.3 Å². The molecule has 0 saturated carbocycles. The molecule has 1 heterocycles. The van der Waals surface area contributed by atoms with Gasteiger partial charge in [-0.05, 0) is 71.8 Å². The number of carbonyl (C=O) groups is 2. The van der Waals surface area contributed by atoms with Crippen LogP contribution in [0.15, 0.2) is 84.3 Å². The zero-order chi connectivity index (χ0) is 24.1. The van der Waals surface area contributed by atoms with Crippen molar-refractivity contribution < 1.29 is 19.1 Å². The molecule has 1 aliphatic rings. The summed E-state index contributed by atoms with van der Waals surface area (Å²) in [6, 6.07) is 20.0. The largest absolute Gasteiger partial charge is 0.493 e. The lowest BCUT2D eigenvalue weighted by molar-refractivity contribution is -0.113. The Morgan fingerprint density at radius 1 is 1.06 bits per heavy atom. The van der Waals surface area contributed by atoms with Gasteiger partial charge in [-0.25, -0.2) is 4.90 Å². The van der Waals surface area contributed by atoms with Crippen LogP contribution < -0.4 is 14.4 Å². The molecule has 3 aromatic rings. The smallest absolute Gasteiger partial charge is 0.298 e. The van der Waals surface area contributed by atoms with Gasteiger partial charge in [-0.3, -0.25) is 9.59 Å². The molecule has 1 aliphatic heterocycles. The fourth-order valence-corrected chi connectivity index (χ4v) is 4.51. The van der Waals surface area contributed by atoms with Crippen molar-refractivity contribution in [2.75, 3.05) is 12.0 Å². The van der Waals surface area contributed by atoms with Crippen molar-refractivity contribution in [2.24, 2.45) is 0 Å². The van der Waals surface area contributed by atoms with Crippen molar-refractivity contribution in [3.8, 4) is 11.5 Å². The van der Waals surface area contributed by atoms with E-state index >= 15 is 0 Å². The van der Waals surface area contributed by atoms with Crippen LogP contribution in [-0.2, 0) is 17.8 Å². The number of nitrogens with zero attached hydrogens (tertiary/aromatic N) is 1. The predicted octanol–water partition coefficient (Wildman–Crippen LogP) is 6.90. The van der Waals surface area contributed by atoms with Crippen LogP contribution in [0.25, 0.3) is 6.08 Å². The number of halogens is 1. The molecular formula is C27H22ClNO4S. The van der Waals surface area contributed by atoms with E-state index in [1.165, 1.54) is 4.90 Å². The Labute approximate surface area is 207 Å². The van der Waals surface area contributed by atoms with Gasteiger partial charge >= 0.3 is 0 Å². The summed E-state index contributed by atoms with van der Waals surface area (Å²) >= 11 is 6.88. The zero-order valence-corrected chi connectivity index (χ0v) is 20.1. The van der Waals surface area contributed by atoms with Gasteiger partial charge < -0.3 is 9.47 Å². The topological polar surface area (TPSA) is 55.8 Å². The Balaban J connectivity index is 1.63. The summed E-state index contributed by atoms with van der Waals surface area (Å²) in [7, 11) is 1.56. The number of ether oxygens (including phenoxy) is 2. The molecule has 0 aliphatic carbocycles. The highest BCUT2D eigenvalue weighted by atomic mass is 35.5. The summed E-state index contributed by atoms with van der Waals surface area (Å²) in [6.45, 7) is 4.18. The van der Waals surface area contributed by atoms with Crippen LogP contribution in [0.2, 0.25) is 5.02 Å². The number of hydrogen-bond acceptors (Lipinski definition) is 5. The van der Waals surface area contributed by atoms with Crippen molar-refractivity contribution in [2.45, 2.75) is 13.0 Å². The lowest BCUT2D eigenvalue weighted by Crippen LogP contribution is -2.27. The first-order valence-electron chi connectivity index (χ1n) is 10.5. The van der Waals surface area contributed by atoms with Crippen LogP contribution in [0.1, 0.15) is 16.7 Å². The van der Waals surface area contributed by atoms with E-state index in [-0.39, 0.29) is 11.1 Å². The van der Waals surface area contributed by atoms with Gasteiger partial charge in [0, 0.05) is 10.6 Å². The van der Waals surface area contributed by atoms with Crippen LogP contribution in [0.3, 0.4) is 0 Å². The minimum absolute atomic E-state index is 0.330. The van der Waals surface area contributed by atoms with Gasteiger partial charge in [-0.1, -0.05) is 48.0 Å². The van der Waals surface area contributed by atoms with E-state index in [4.69, 9.17) is 21.1 Å². The van der Waals surface area contributed by atoms with Crippen LogP contribution in [0.4, 0.5) is 10.5 Å². The summed E-state index contributed by atoms with van der Waals surface area (Å²) in [5, 5.41) is 0.332. The van der Waals surface area contributed by atoms with Crippen molar-refractivity contribution in [3.63, 3.8) is 0 Å². The highest BCUT2D eigenvalue weighted by molar-refractivity contribution is 8.19. The predicted molar refractivity (Wildman–Crippen MR) is 138 cm³/mol. The number of anilines is 1. The number of para-hydroxylation sites is 1. The van der Waals surface area contributed by atoms with Crippen LogP contribution in [0.5, 0.6) is 11.5 Å². The highest BCUT2D eigenvalue weighted by Crippen LogP contribution is 2.38. The first-order valence-corrected chi connectivity index (χ1v) is 11.7. The first-order chi connectivity index (χ1) is 16.5. The van der Waals surface area contributed by atoms with Gasteiger partial charge in [0.2, 0.25) is 0 Å². The SMILES string of the molecule is C=CCc1cc(/C=C2\SC(=O)N(c3ccccc3)C2=O)cc(OC)c1OCc1ccc(Cl)cc1. The van der Waals surface area contributed by atoms with Crippen molar-refractivity contribution in [1.82, 2.24) is 0 Å². The second-order valence-electron chi connectivity index (χ2n) is 7.47. The molecule has 34 heavy (non-hydrogen) atoms. The molecule has 2 amide bonds. The van der Waals surface area contributed by atoms with E-state index in [1.54, 1.807) is 49.6 Å².